The molecule has 118 valence electrons. The predicted molar refractivity (Wildman–Crippen MR) is 77.1 cm³/mol. The average Bonchev–Trinajstić information content (AvgIpc) is 2.39. The van der Waals surface area contributed by atoms with Crippen molar-refractivity contribution >= 4 is 27.5 Å². The minimum atomic E-state index is -4.50. The second kappa shape index (κ2) is 7.65. The van der Waals surface area contributed by atoms with Crippen molar-refractivity contribution in [3.05, 3.63) is 28.2 Å². The van der Waals surface area contributed by atoms with Crippen LogP contribution in [-0.4, -0.2) is 32.2 Å². The molecule has 0 radical (unpaired) electrons. The maximum atomic E-state index is 13.0. The summed E-state index contributed by atoms with van der Waals surface area (Å²) >= 11 is 3.01. The summed E-state index contributed by atoms with van der Waals surface area (Å²) in [6.45, 7) is 2.13. The van der Waals surface area contributed by atoms with E-state index in [1.165, 1.54) is 26.2 Å². The molecule has 1 aromatic rings. The first-order valence-electron chi connectivity index (χ1n) is 6.15. The highest BCUT2D eigenvalue weighted by Gasteiger charge is 2.34. The van der Waals surface area contributed by atoms with Crippen molar-refractivity contribution in [3.63, 3.8) is 0 Å². The summed E-state index contributed by atoms with van der Waals surface area (Å²) in [6.07, 6.45) is -4.50. The Morgan fingerprint density at radius 1 is 1.43 bits per heavy atom. The van der Waals surface area contributed by atoms with E-state index < -0.39 is 23.7 Å². The van der Waals surface area contributed by atoms with Crippen molar-refractivity contribution in [2.75, 3.05) is 25.6 Å². The van der Waals surface area contributed by atoms with Crippen LogP contribution in [0.5, 0.6) is 0 Å². The Kier molecular flexibility index (Phi) is 6.47. The number of anilines is 1. The van der Waals surface area contributed by atoms with E-state index in [1.54, 1.807) is 0 Å². The van der Waals surface area contributed by atoms with E-state index in [9.17, 15) is 18.0 Å². The summed E-state index contributed by atoms with van der Waals surface area (Å²) in [5.41, 5.74) is -0.964. The Bertz CT molecular complexity index is 495. The molecule has 0 aliphatic heterocycles. The van der Waals surface area contributed by atoms with Gasteiger partial charge < -0.3 is 15.4 Å². The first kappa shape index (κ1) is 17.8. The van der Waals surface area contributed by atoms with Crippen LogP contribution in [0.15, 0.2) is 22.7 Å². The molecule has 0 fully saturated rings. The lowest BCUT2D eigenvalue weighted by Crippen LogP contribution is -2.39. The summed E-state index contributed by atoms with van der Waals surface area (Å²) in [6, 6.07) is 2.93. The Balaban J connectivity index is 2.80. The summed E-state index contributed by atoms with van der Waals surface area (Å²) in [4.78, 5) is 11.7. The van der Waals surface area contributed by atoms with Crippen molar-refractivity contribution < 1.29 is 22.7 Å². The maximum absolute atomic E-state index is 13.0. The molecule has 0 spiro atoms. The largest absolute Gasteiger partial charge is 0.418 e. The number of halogens is 4. The van der Waals surface area contributed by atoms with Crippen LogP contribution in [0, 0.1) is 0 Å². The number of carbonyl (C=O) groups is 1. The van der Waals surface area contributed by atoms with Gasteiger partial charge in [0, 0.05) is 23.8 Å². The second-order valence-corrected chi connectivity index (χ2v) is 5.25. The Morgan fingerprint density at radius 2 is 2.10 bits per heavy atom. The normalized spacial score (nSPS) is 12.9. The fraction of sp³-hybridized carbons (Fsp3) is 0.462. The molecule has 0 heterocycles. The number of hydrogen-bond acceptors (Lipinski definition) is 3. The fourth-order valence-electron chi connectivity index (χ4n) is 1.61. The summed E-state index contributed by atoms with van der Waals surface area (Å²) < 4.78 is 43.9. The number of amides is 1. The van der Waals surface area contributed by atoms with E-state index in [-0.39, 0.29) is 5.69 Å². The third kappa shape index (κ3) is 5.55. The number of alkyl halides is 3. The maximum Gasteiger partial charge on any atom is 0.418 e. The first-order chi connectivity index (χ1) is 9.75. The highest BCUT2D eigenvalue weighted by molar-refractivity contribution is 9.10. The minimum Gasteiger partial charge on any atom is -0.383 e. The zero-order chi connectivity index (χ0) is 16.0. The predicted octanol–water partition coefficient (Wildman–Crippen LogP) is 3.03. The topological polar surface area (TPSA) is 50.4 Å². The quantitative estimate of drug-likeness (QED) is 0.758. The van der Waals surface area contributed by atoms with Gasteiger partial charge in [-0.1, -0.05) is 15.9 Å². The molecule has 1 amide bonds. The number of ether oxygens (including phenoxy) is 1. The molecule has 1 unspecified atom stereocenters. The number of hydrogen-bond donors (Lipinski definition) is 2. The SMILES string of the molecule is COCCNC(=O)C(C)Nc1ccc(Br)cc1C(F)(F)F. The van der Waals surface area contributed by atoms with Gasteiger partial charge in [0.05, 0.1) is 12.2 Å². The molecule has 2 N–H and O–H groups in total. The van der Waals surface area contributed by atoms with Crippen molar-refractivity contribution in [1.82, 2.24) is 5.32 Å². The van der Waals surface area contributed by atoms with Gasteiger partial charge in [0.25, 0.3) is 0 Å². The van der Waals surface area contributed by atoms with Gasteiger partial charge in [-0.3, -0.25) is 4.79 Å². The van der Waals surface area contributed by atoms with Crippen LogP contribution in [0.25, 0.3) is 0 Å². The lowest BCUT2D eigenvalue weighted by Gasteiger charge is -2.19. The molecule has 8 heteroatoms. The molecule has 0 saturated heterocycles. The van der Waals surface area contributed by atoms with Gasteiger partial charge in [0.15, 0.2) is 0 Å². The Hall–Kier alpha value is -1.28. The van der Waals surface area contributed by atoms with E-state index in [1.807, 2.05) is 0 Å². The van der Waals surface area contributed by atoms with Gasteiger partial charge in [-0.05, 0) is 25.1 Å². The smallest absolute Gasteiger partial charge is 0.383 e. The molecule has 0 saturated carbocycles. The van der Waals surface area contributed by atoms with Gasteiger partial charge in [-0.25, -0.2) is 0 Å². The zero-order valence-corrected chi connectivity index (χ0v) is 13.1. The fourth-order valence-corrected chi connectivity index (χ4v) is 1.97. The molecular formula is C13H16BrF3N2O2. The molecule has 0 aliphatic carbocycles. The highest BCUT2D eigenvalue weighted by atomic mass is 79.9. The van der Waals surface area contributed by atoms with Gasteiger partial charge in [0.2, 0.25) is 5.91 Å². The van der Waals surface area contributed by atoms with Gasteiger partial charge in [0.1, 0.15) is 6.04 Å². The minimum absolute atomic E-state index is 0.139. The summed E-state index contributed by atoms with van der Waals surface area (Å²) in [7, 11) is 1.49. The molecule has 1 atom stereocenters. The van der Waals surface area contributed by atoms with E-state index >= 15 is 0 Å². The molecule has 0 aromatic heterocycles. The van der Waals surface area contributed by atoms with E-state index in [2.05, 4.69) is 26.6 Å². The Morgan fingerprint density at radius 3 is 2.67 bits per heavy atom. The summed E-state index contributed by atoms with van der Waals surface area (Å²) in [5, 5.41) is 5.13. The third-order valence-corrected chi connectivity index (χ3v) is 3.15. The van der Waals surface area contributed by atoms with Gasteiger partial charge in [-0.2, -0.15) is 13.2 Å². The van der Waals surface area contributed by atoms with Crippen LogP contribution < -0.4 is 10.6 Å². The monoisotopic (exact) mass is 368 g/mol. The molecule has 21 heavy (non-hydrogen) atoms. The van der Waals surface area contributed by atoms with Gasteiger partial charge in [-0.15, -0.1) is 0 Å². The standard InChI is InChI=1S/C13H16BrF3N2O2/c1-8(12(20)18-5-6-21-2)19-11-4-3-9(14)7-10(11)13(15,16)17/h3-4,7-8,19H,5-6H2,1-2H3,(H,18,20). The van der Waals surface area contributed by atoms with E-state index in [0.717, 1.165) is 6.07 Å². The molecule has 1 rings (SSSR count). The first-order valence-corrected chi connectivity index (χ1v) is 6.95. The van der Waals surface area contributed by atoms with E-state index in [4.69, 9.17) is 4.74 Å². The number of rotatable bonds is 6. The van der Waals surface area contributed by atoms with Crippen molar-refractivity contribution in [1.29, 1.82) is 0 Å². The van der Waals surface area contributed by atoms with Crippen molar-refractivity contribution in [2.24, 2.45) is 0 Å². The van der Waals surface area contributed by atoms with Crippen molar-refractivity contribution in [2.45, 2.75) is 19.1 Å². The summed E-state index contributed by atoms with van der Waals surface area (Å²) in [5.74, 6) is -0.400. The average molecular weight is 369 g/mol. The molecular weight excluding hydrogens is 353 g/mol. The third-order valence-electron chi connectivity index (χ3n) is 2.66. The van der Waals surface area contributed by atoms with Crippen LogP contribution in [0.2, 0.25) is 0 Å². The molecule has 0 bridgehead atoms. The Labute approximate surface area is 129 Å². The molecule has 0 aliphatic rings. The number of carbonyl (C=O) groups excluding carboxylic acids is 1. The number of methoxy groups -OCH3 is 1. The van der Waals surface area contributed by atoms with Crippen LogP contribution in [0.4, 0.5) is 18.9 Å². The molecule has 4 nitrogen and oxygen atoms in total. The van der Waals surface area contributed by atoms with E-state index in [0.29, 0.717) is 17.6 Å². The van der Waals surface area contributed by atoms with Crippen LogP contribution in [-0.2, 0) is 15.7 Å². The number of benzene rings is 1. The molecule has 1 aromatic carbocycles. The van der Waals surface area contributed by atoms with Crippen LogP contribution in [0.3, 0.4) is 0 Å². The second-order valence-electron chi connectivity index (χ2n) is 4.34. The lowest BCUT2D eigenvalue weighted by atomic mass is 10.1. The number of nitrogens with one attached hydrogen (secondary N) is 2. The highest BCUT2D eigenvalue weighted by Crippen LogP contribution is 2.36. The zero-order valence-electron chi connectivity index (χ0n) is 11.6. The van der Waals surface area contributed by atoms with Crippen LogP contribution in [0.1, 0.15) is 12.5 Å². The van der Waals surface area contributed by atoms with Gasteiger partial charge >= 0.3 is 6.18 Å². The van der Waals surface area contributed by atoms with Crippen molar-refractivity contribution in [3.8, 4) is 0 Å². The lowest BCUT2D eigenvalue weighted by molar-refractivity contribution is -0.137. The van der Waals surface area contributed by atoms with Crippen LogP contribution >= 0.6 is 15.9 Å².